The molecule has 2 N–H and O–H groups in total. The first-order chi connectivity index (χ1) is 8.58. The number of hydrogen-bond donors (Lipinski definition) is 1. The summed E-state index contributed by atoms with van der Waals surface area (Å²) in [6, 6.07) is 0.567. The summed E-state index contributed by atoms with van der Waals surface area (Å²) in [6.45, 7) is 0.919. The Balaban J connectivity index is 2.19. The summed E-state index contributed by atoms with van der Waals surface area (Å²) >= 11 is 0. The third-order valence-electron chi connectivity index (χ3n) is 3.01. The highest BCUT2D eigenvalue weighted by Crippen LogP contribution is 2.14. The van der Waals surface area contributed by atoms with Gasteiger partial charge in [-0.25, -0.2) is 13.8 Å². The SMILES string of the molecule is NC1CCCCN(C(=O)c2ncc(F)cc2F)C1. The van der Waals surface area contributed by atoms with Crippen LogP contribution in [0.2, 0.25) is 0 Å². The van der Waals surface area contributed by atoms with Gasteiger partial charge in [-0.2, -0.15) is 0 Å². The van der Waals surface area contributed by atoms with Crippen molar-refractivity contribution < 1.29 is 13.6 Å². The fourth-order valence-corrected chi connectivity index (χ4v) is 2.08. The van der Waals surface area contributed by atoms with E-state index in [4.69, 9.17) is 5.73 Å². The van der Waals surface area contributed by atoms with Crippen LogP contribution in [0.1, 0.15) is 29.8 Å². The predicted octanol–water partition coefficient (Wildman–Crippen LogP) is 1.31. The van der Waals surface area contributed by atoms with Crippen molar-refractivity contribution in [3.63, 3.8) is 0 Å². The van der Waals surface area contributed by atoms with E-state index in [1.165, 1.54) is 4.90 Å². The third-order valence-corrected chi connectivity index (χ3v) is 3.01. The molecule has 0 aliphatic carbocycles. The van der Waals surface area contributed by atoms with E-state index in [9.17, 15) is 13.6 Å². The highest BCUT2D eigenvalue weighted by Gasteiger charge is 2.24. The lowest BCUT2D eigenvalue weighted by Gasteiger charge is -2.22. The fourth-order valence-electron chi connectivity index (χ4n) is 2.08. The maximum atomic E-state index is 13.5. The normalized spacial score (nSPS) is 20.6. The van der Waals surface area contributed by atoms with Crippen molar-refractivity contribution in [2.75, 3.05) is 13.1 Å². The largest absolute Gasteiger partial charge is 0.336 e. The molecule has 1 aliphatic heterocycles. The monoisotopic (exact) mass is 255 g/mol. The Bertz CT molecular complexity index is 453. The number of hydrogen-bond acceptors (Lipinski definition) is 3. The zero-order valence-corrected chi connectivity index (χ0v) is 9.90. The van der Waals surface area contributed by atoms with E-state index < -0.39 is 17.5 Å². The molecule has 1 fully saturated rings. The zero-order chi connectivity index (χ0) is 13.1. The summed E-state index contributed by atoms with van der Waals surface area (Å²) in [5, 5.41) is 0. The van der Waals surface area contributed by atoms with Crippen LogP contribution in [0.5, 0.6) is 0 Å². The minimum absolute atomic E-state index is 0.0973. The molecule has 1 amide bonds. The van der Waals surface area contributed by atoms with E-state index in [0.29, 0.717) is 19.2 Å². The molecule has 1 aromatic rings. The van der Waals surface area contributed by atoms with Gasteiger partial charge in [-0.15, -0.1) is 0 Å². The van der Waals surface area contributed by atoms with Crippen LogP contribution < -0.4 is 5.73 Å². The lowest BCUT2D eigenvalue weighted by molar-refractivity contribution is 0.0743. The van der Waals surface area contributed by atoms with Crippen molar-refractivity contribution in [3.05, 3.63) is 29.6 Å². The summed E-state index contributed by atoms with van der Waals surface area (Å²) in [4.78, 5) is 17.1. The lowest BCUT2D eigenvalue weighted by Crippen LogP contribution is -2.40. The number of nitrogens with zero attached hydrogens (tertiary/aromatic N) is 2. The first-order valence-corrected chi connectivity index (χ1v) is 5.94. The molecule has 1 aliphatic rings. The minimum atomic E-state index is -0.933. The number of likely N-dealkylation sites (tertiary alicyclic amines) is 1. The smallest absolute Gasteiger partial charge is 0.275 e. The molecule has 1 aromatic heterocycles. The second-order valence-corrected chi connectivity index (χ2v) is 4.49. The predicted molar refractivity (Wildman–Crippen MR) is 61.9 cm³/mol. The number of nitrogens with two attached hydrogens (primary N) is 1. The Kier molecular flexibility index (Phi) is 3.86. The Labute approximate surface area is 104 Å². The van der Waals surface area contributed by atoms with Gasteiger partial charge in [0.05, 0.1) is 6.20 Å². The number of rotatable bonds is 1. The second-order valence-electron chi connectivity index (χ2n) is 4.49. The van der Waals surface area contributed by atoms with E-state index in [-0.39, 0.29) is 11.7 Å². The van der Waals surface area contributed by atoms with Crippen LogP contribution in [0, 0.1) is 11.6 Å². The maximum absolute atomic E-state index is 13.5. The molecule has 18 heavy (non-hydrogen) atoms. The van der Waals surface area contributed by atoms with Crippen LogP contribution in [0.15, 0.2) is 12.3 Å². The Morgan fingerprint density at radius 3 is 2.94 bits per heavy atom. The number of amides is 1. The number of halogens is 2. The van der Waals surface area contributed by atoms with E-state index in [0.717, 1.165) is 25.5 Å². The number of carbonyl (C=O) groups excluding carboxylic acids is 1. The van der Waals surface area contributed by atoms with Gasteiger partial charge in [-0.1, -0.05) is 6.42 Å². The molecule has 2 rings (SSSR count). The maximum Gasteiger partial charge on any atom is 0.275 e. The van der Waals surface area contributed by atoms with Gasteiger partial charge in [-0.05, 0) is 12.8 Å². The molecule has 0 saturated carbocycles. The molecule has 2 heterocycles. The second kappa shape index (κ2) is 5.39. The quantitative estimate of drug-likeness (QED) is 0.823. The van der Waals surface area contributed by atoms with Crippen molar-refractivity contribution in [1.82, 2.24) is 9.88 Å². The van der Waals surface area contributed by atoms with Crippen molar-refractivity contribution >= 4 is 5.91 Å². The Hall–Kier alpha value is -1.56. The van der Waals surface area contributed by atoms with E-state index in [1.807, 2.05) is 0 Å². The number of carbonyl (C=O) groups is 1. The molecular formula is C12H15F2N3O. The van der Waals surface area contributed by atoms with Crippen LogP contribution in [0.25, 0.3) is 0 Å². The molecule has 0 spiro atoms. The van der Waals surface area contributed by atoms with Crippen LogP contribution in [0.3, 0.4) is 0 Å². The molecule has 6 heteroatoms. The zero-order valence-electron chi connectivity index (χ0n) is 9.90. The number of pyridine rings is 1. The Morgan fingerprint density at radius 2 is 2.22 bits per heavy atom. The van der Waals surface area contributed by atoms with Gasteiger partial charge in [0.25, 0.3) is 5.91 Å². The van der Waals surface area contributed by atoms with E-state index in [2.05, 4.69) is 4.98 Å². The standard InChI is InChI=1S/C12H15F2N3O/c13-8-5-10(14)11(16-6-8)12(18)17-4-2-1-3-9(15)7-17/h5-6,9H,1-4,7,15H2. The lowest BCUT2D eigenvalue weighted by atomic mass is 10.2. The van der Waals surface area contributed by atoms with Gasteiger partial charge in [0.2, 0.25) is 0 Å². The molecular weight excluding hydrogens is 240 g/mol. The van der Waals surface area contributed by atoms with Crippen molar-refractivity contribution in [2.24, 2.45) is 5.73 Å². The van der Waals surface area contributed by atoms with Crippen LogP contribution in [-0.2, 0) is 0 Å². The summed E-state index contributed by atoms with van der Waals surface area (Å²) in [5.41, 5.74) is 5.49. The van der Waals surface area contributed by atoms with Gasteiger partial charge >= 0.3 is 0 Å². The van der Waals surface area contributed by atoms with Crippen LogP contribution in [0.4, 0.5) is 8.78 Å². The van der Waals surface area contributed by atoms with Crippen molar-refractivity contribution in [1.29, 1.82) is 0 Å². The molecule has 4 nitrogen and oxygen atoms in total. The molecule has 1 saturated heterocycles. The highest BCUT2D eigenvalue weighted by atomic mass is 19.1. The van der Waals surface area contributed by atoms with Gasteiger partial charge in [0, 0.05) is 25.2 Å². The molecule has 0 radical (unpaired) electrons. The summed E-state index contributed by atoms with van der Waals surface area (Å²) in [5.74, 6) is -2.25. The molecule has 1 unspecified atom stereocenters. The van der Waals surface area contributed by atoms with Crippen molar-refractivity contribution in [2.45, 2.75) is 25.3 Å². The fraction of sp³-hybridized carbons (Fsp3) is 0.500. The molecule has 0 aromatic carbocycles. The van der Waals surface area contributed by atoms with Crippen molar-refractivity contribution in [3.8, 4) is 0 Å². The highest BCUT2D eigenvalue weighted by molar-refractivity contribution is 5.92. The van der Waals surface area contributed by atoms with Gasteiger partial charge in [-0.3, -0.25) is 4.79 Å². The summed E-state index contributed by atoms with van der Waals surface area (Å²) in [6.07, 6.45) is 3.48. The first-order valence-electron chi connectivity index (χ1n) is 5.94. The average Bonchev–Trinajstić information content (AvgIpc) is 2.53. The minimum Gasteiger partial charge on any atom is -0.336 e. The summed E-state index contributed by atoms with van der Waals surface area (Å²) < 4.78 is 26.2. The topological polar surface area (TPSA) is 59.2 Å². The third kappa shape index (κ3) is 2.81. The van der Waals surface area contributed by atoms with E-state index >= 15 is 0 Å². The van der Waals surface area contributed by atoms with Gasteiger partial charge in [0.15, 0.2) is 11.5 Å². The summed E-state index contributed by atoms with van der Waals surface area (Å²) in [7, 11) is 0. The first kappa shape index (κ1) is 12.9. The average molecular weight is 255 g/mol. The van der Waals surface area contributed by atoms with Crippen LogP contribution >= 0.6 is 0 Å². The molecule has 1 atom stereocenters. The molecule has 0 bridgehead atoms. The van der Waals surface area contributed by atoms with E-state index in [1.54, 1.807) is 0 Å². The van der Waals surface area contributed by atoms with Crippen LogP contribution in [-0.4, -0.2) is 34.9 Å². The van der Waals surface area contributed by atoms with Gasteiger partial charge < -0.3 is 10.6 Å². The number of aromatic nitrogens is 1. The molecule has 98 valence electrons. The van der Waals surface area contributed by atoms with Gasteiger partial charge in [0.1, 0.15) is 5.82 Å². The Morgan fingerprint density at radius 1 is 1.44 bits per heavy atom.